The first kappa shape index (κ1) is 10.8. The van der Waals surface area contributed by atoms with Crippen molar-refractivity contribution in [1.82, 2.24) is 0 Å². The summed E-state index contributed by atoms with van der Waals surface area (Å²) in [6, 6.07) is -0.391. The lowest BCUT2D eigenvalue weighted by Crippen LogP contribution is -2.22. The van der Waals surface area contributed by atoms with E-state index in [1.807, 2.05) is 0 Å². The van der Waals surface area contributed by atoms with Gasteiger partial charge in [-0.2, -0.15) is 4.39 Å². The summed E-state index contributed by atoms with van der Waals surface area (Å²) < 4.78 is 38.4. The van der Waals surface area contributed by atoms with Gasteiger partial charge in [0.1, 0.15) is 0 Å². The van der Waals surface area contributed by atoms with Crippen molar-refractivity contribution in [3.63, 3.8) is 0 Å². The number of phenols is 1. The van der Waals surface area contributed by atoms with Gasteiger partial charge in [0.2, 0.25) is 5.82 Å². The Kier molecular flexibility index (Phi) is 2.97. The molecular weight excluding hydrogens is 197 g/mol. The summed E-state index contributed by atoms with van der Waals surface area (Å²) in [5, 5.41) is 8.83. The lowest BCUT2D eigenvalue weighted by atomic mass is 10.1. The van der Waals surface area contributed by atoms with Crippen molar-refractivity contribution in [1.29, 1.82) is 0 Å². The number of nitrogens with two attached hydrogens (primary N) is 2. The molecule has 0 amide bonds. The van der Waals surface area contributed by atoms with E-state index in [0.717, 1.165) is 0 Å². The highest BCUT2D eigenvalue weighted by Gasteiger charge is 2.20. The molecule has 6 heteroatoms. The molecule has 3 nitrogen and oxygen atoms in total. The summed E-state index contributed by atoms with van der Waals surface area (Å²) in [4.78, 5) is 0. The zero-order valence-corrected chi connectivity index (χ0v) is 7.10. The molecule has 0 saturated carbocycles. The molecule has 5 N–H and O–H groups in total. The lowest BCUT2D eigenvalue weighted by molar-refractivity contribution is 0.370. The van der Waals surface area contributed by atoms with Crippen molar-refractivity contribution in [3.8, 4) is 5.75 Å². The van der Waals surface area contributed by atoms with E-state index < -0.39 is 29.2 Å². The second-order valence-corrected chi connectivity index (χ2v) is 2.77. The zero-order valence-electron chi connectivity index (χ0n) is 7.10. The minimum Gasteiger partial charge on any atom is -0.503 e. The molecule has 0 heterocycles. The molecule has 0 bridgehead atoms. The lowest BCUT2D eigenvalue weighted by Gasteiger charge is -2.11. The maximum Gasteiger partial charge on any atom is 0.203 e. The second kappa shape index (κ2) is 3.85. The van der Waals surface area contributed by atoms with Crippen LogP contribution in [0.15, 0.2) is 6.07 Å². The molecule has 1 unspecified atom stereocenters. The summed E-state index contributed by atoms with van der Waals surface area (Å²) in [6.45, 7) is -0.137. The third kappa shape index (κ3) is 1.66. The van der Waals surface area contributed by atoms with Crippen molar-refractivity contribution in [2.24, 2.45) is 11.5 Å². The topological polar surface area (TPSA) is 72.3 Å². The van der Waals surface area contributed by atoms with E-state index in [0.29, 0.717) is 6.07 Å². The molecule has 1 rings (SSSR count). The van der Waals surface area contributed by atoms with E-state index >= 15 is 0 Å². The molecular formula is C8H9F3N2O. The molecule has 0 aromatic heterocycles. The van der Waals surface area contributed by atoms with Gasteiger partial charge in [0.05, 0.1) is 0 Å². The van der Waals surface area contributed by atoms with Crippen LogP contribution in [0.2, 0.25) is 0 Å². The summed E-state index contributed by atoms with van der Waals surface area (Å²) >= 11 is 0. The molecule has 78 valence electrons. The molecule has 0 aliphatic carbocycles. The highest BCUT2D eigenvalue weighted by atomic mass is 19.2. The maximum absolute atomic E-state index is 13.1. The summed E-state index contributed by atoms with van der Waals surface area (Å²) in [6.07, 6.45) is 0. The monoisotopic (exact) mass is 206 g/mol. The van der Waals surface area contributed by atoms with Gasteiger partial charge in [0.15, 0.2) is 17.4 Å². The number of aromatic hydroxyl groups is 1. The van der Waals surface area contributed by atoms with Gasteiger partial charge in [-0.15, -0.1) is 0 Å². The number of phenolic OH excluding ortho intramolecular Hbond substituents is 1. The van der Waals surface area contributed by atoms with E-state index in [1.54, 1.807) is 0 Å². The van der Waals surface area contributed by atoms with Gasteiger partial charge in [-0.05, 0) is 6.07 Å². The second-order valence-electron chi connectivity index (χ2n) is 2.77. The third-order valence-corrected chi connectivity index (χ3v) is 1.81. The average Bonchev–Trinajstić information content (AvgIpc) is 2.19. The van der Waals surface area contributed by atoms with E-state index in [4.69, 9.17) is 16.6 Å². The normalized spacial score (nSPS) is 12.9. The molecule has 1 aromatic rings. The van der Waals surface area contributed by atoms with E-state index in [-0.39, 0.29) is 12.1 Å². The smallest absolute Gasteiger partial charge is 0.203 e. The van der Waals surface area contributed by atoms with Gasteiger partial charge in [0, 0.05) is 18.2 Å². The van der Waals surface area contributed by atoms with Crippen molar-refractivity contribution < 1.29 is 18.3 Å². The zero-order chi connectivity index (χ0) is 10.9. The quantitative estimate of drug-likeness (QED) is 0.626. The molecule has 0 spiro atoms. The predicted molar refractivity (Wildman–Crippen MR) is 44.0 cm³/mol. The molecule has 0 radical (unpaired) electrons. The fourth-order valence-corrected chi connectivity index (χ4v) is 1.01. The number of hydrogen-bond donors (Lipinski definition) is 3. The van der Waals surface area contributed by atoms with Crippen molar-refractivity contribution in [3.05, 3.63) is 29.1 Å². The Bertz CT molecular complexity index is 357. The van der Waals surface area contributed by atoms with E-state index in [9.17, 15) is 13.2 Å². The largest absolute Gasteiger partial charge is 0.503 e. The minimum absolute atomic E-state index is 0.137. The van der Waals surface area contributed by atoms with Crippen molar-refractivity contribution in [2.45, 2.75) is 6.04 Å². The van der Waals surface area contributed by atoms with Crippen LogP contribution in [0.5, 0.6) is 5.75 Å². The Balaban J connectivity index is 3.33. The highest BCUT2D eigenvalue weighted by Crippen LogP contribution is 2.28. The minimum atomic E-state index is -1.63. The van der Waals surface area contributed by atoms with Crippen LogP contribution in [0.3, 0.4) is 0 Å². The van der Waals surface area contributed by atoms with Crippen molar-refractivity contribution >= 4 is 0 Å². The van der Waals surface area contributed by atoms with E-state index in [1.165, 1.54) is 0 Å². The standard InChI is InChI=1S/C8H9F3N2O/c9-4-1-3(5(13)2-12)6(10)8(14)7(4)11/h1,5,14H,2,12-13H2. The number of rotatable bonds is 2. The van der Waals surface area contributed by atoms with Crippen molar-refractivity contribution in [2.75, 3.05) is 6.54 Å². The Morgan fingerprint density at radius 3 is 2.36 bits per heavy atom. The first-order valence-corrected chi connectivity index (χ1v) is 3.81. The average molecular weight is 206 g/mol. The van der Waals surface area contributed by atoms with Crippen LogP contribution >= 0.6 is 0 Å². The Morgan fingerprint density at radius 2 is 1.86 bits per heavy atom. The Hall–Kier alpha value is -1.27. The van der Waals surface area contributed by atoms with Gasteiger partial charge in [0.25, 0.3) is 0 Å². The molecule has 1 atom stereocenters. The fraction of sp³-hybridized carbons (Fsp3) is 0.250. The Morgan fingerprint density at radius 1 is 1.29 bits per heavy atom. The van der Waals surface area contributed by atoms with Gasteiger partial charge < -0.3 is 16.6 Å². The maximum atomic E-state index is 13.1. The van der Waals surface area contributed by atoms with E-state index in [2.05, 4.69) is 0 Å². The predicted octanol–water partition coefficient (Wildman–Crippen LogP) is 0.768. The number of benzene rings is 1. The van der Waals surface area contributed by atoms with Crippen LogP contribution in [-0.2, 0) is 0 Å². The van der Waals surface area contributed by atoms with Gasteiger partial charge in [-0.25, -0.2) is 8.78 Å². The number of halogens is 3. The fourth-order valence-electron chi connectivity index (χ4n) is 1.01. The molecule has 0 aliphatic rings. The van der Waals surface area contributed by atoms with Crippen LogP contribution in [0, 0.1) is 17.5 Å². The van der Waals surface area contributed by atoms with Gasteiger partial charge in [-0.1, -0.05) is 0 Å². The summed E-state index contributed by atoms with van der Waals surface area (Å²) in [7, 11) is 0. The van der Waals surface area contributed by atoms with Crippen LogP contribution in [0.25, 0.3) is 0 Å². The van der Waals surface area contributed by atoms with Crippen LogP contribution in [-0.4, -0.2) is 11.7 Å². The van der Waals surface area contributed by atoms with Crippen LogP contribution in [0.1, 0.15) is 11.6 Å². The highest BCUT2D eigenvalue weighted by molar-refractivity contribution is 5.34. The third-order valence-electron chi connectivity index (χ3n) is 1.81. The Labute approximate surface area is 78.1 Å². The SMILES string of the molecule is NCC(N)c1cc(F)c(F)c(O)c1F. The molecule has 0 aliphatic heterocycles. The first-order valence-electron chi connectivity index (χ1n) is 3.81. The number of hydrogen-bond acceptors (Lipinski definition) is 3. The van der Waals surface area contributed by atoms with Crippen LogP contribution in [0.4, 0.5) is 13.2 Å². The molecule has 0 saturated heterocycles. The summed E-state index contributed by atoms with van der Waals surface area (Å²) in [5.41, 5.74) is 10.1. The molecule has 0 fully saturated rings. The molecule has 14 heavy (non-hydrogen) atoms. The summed E-state index contributed by atoms with van der Waals surface area (Å²) in [5.74, 6) is -5.64. The van der Waals surface area contributed by atoms with Gasteiger partial charge >= 0.3 is 0 Å². The first-order chi connectivity index (χ1) is 6.49. The molecule has 1 aromatic carbocycles. The van der Waals surface area contributed by atoms with Crippen LogP contribution < -0.4 is 11.5 Å². The van der Waals surface area contributed by atoms with Gasteiger partial charge in [-0.3, -0.25) is 0 Å².